The van der Waals surface area contributed by atoms with Gasteiger partial charge in [-0.3, -0.25) is 14.3 Å². The van der Waals surface area contributed by atoms with Crippen molar-refractivity contribution in [1.82, 2.24) is 9.78 Å². The summed E-state index contributed by atoms with van der Waals surface area (Å²) in [5.74, 6) is -1.04. The van der Waals surface area contributed by atoms with Crippen molar-refractivity contribution in [3.05, 3.63) is 45.2 Å². The summed E-state index contributed by atoms with van der Waals surface area (Å²) < 4.78 is 7.56. The van der Waals surface area contributed by atoms with E-state index in [1.54, 1.807) is 22.9 Å². The van der Waals surface area contributed by atoms with Crippen molar-refractivity contribution in [3.8, 4) is 0 Å². The predicted molar refractivity (Wildman–Crippen MR) is 105 cm³/mol. The predicted octanol–water partition coefficient (Wildman–Crippen LogP) is 3.52. The van der Waals surface area contributed by atoms with Gasteiger partial charge in [-0.05, 0) is 38.8 Å². The summed E-state index contributed by atoms with van der Waals surface area (Å²) in [6, 6.07) is 5.34. The number of benzene rings is 1. The first-order chi connectivity index (χ1) is 13.4. The van der Waals surface area contributed by atoms with Crippen LogP contribution in [0.4, 0.5) is 5.69 Å². The molecule has 0 spiro atoms. The molecule has 2 bridgehead atoms. The standard InChI is InChI=1S/C20H19Cl2N3O3/c1-9-18(10(2)24(23-9)8-11-12(21)4-3-5-13(11)22)25-19(26)16-14-6-7-15(28-14)17(16)20(25)27/h3-5,14-17H,6-8H2,1-2H3/t14-,15+,16-,17-/m0/s1. The number of rotatable bonds is 3. The minimum atomic E-state index is -0.355. The van der Waals surface area contributed by atoms with Crippen molar-refractivity contribution in [3.63, 3.8) is 0 Å². The molecule has 0 radical (unpaired) electrons. The second-order valence-electron chi connectivity index (χ2n) is 7.73. The smallest absolute Gasteiger partial charge is 0.240 e. The number of hydrogen-bond acceptors (Lipinski definition) is 4. The van der Waals surface area contributed by atoms with Crippen LogP contribution < -0.4 is 4.90 Å². The van der Waals surface area contributed by atoms with Crippen LogP contribution in [0, 0.1) is 25.7 Å². The van der Waals surface area contributed by atoms with Crippen molar-refractivity contribution >= 4 is 40.7 Å². The molecule has 0 saturated carbocycles. The fourth-order valence-electron chi connectivity index (χ4n) is 4.93. The monoisotopic (exact) mass is 419 g/mol. The quantitative estimate of drug-likeness (QED) is 0.713. The van der Waals surface area contributed by atoms with Crippen molar-refractivity contribution in [2.24, 2.45) is 11.8 Å². The SMILES string of the molecule is Cc1nn(Cc2c(Cl)cccc2Cl)c(C)c1N1C(=O)[C@@H]2[C@@H](C1=O)[C@H]1CC[C@@H]2O1. The molecule has 8 heteroatoms. The molecule has 0 N–H and O–H groups in total. The van der Waals surface area contributed by atoms with Crippen LogP contribution >= 0.6 is 23.2 Å². The zero-order valence-corrected chi connectivity index (χ0v) is 17.0. The van der Waals surface area contributed by atoms with E-state index in [1.807, 2.05) is 13.8 Å². The van der Waals surface area contributed by atoms with Crippen molar-refractivity contribution in [2.75, 3.05) is 4.90 Å². The van der Waals surface area contributed by atoms with Gasteiger partial charge in [0.2, 0.25) is 11.8 Å². The third kappa shape index (κ3) is 2.41. The average molecular weight is 420 g/mol. The van der Waals surface area contributed by atoms with Crippen LogP contribution in [0.1, 0.15) is 29.8 Å². The molecule has 3 saturated heterocycles. The minimum absolute atomic E-state index is 0.131. The number of carbonyl (C=O) groups excluding carboxylic acids is 2. The molecule has 1 aromatic heterocycles. The number of anilines is 1. The molecule has 3 aliphatic heterocycles. The average Bonchev–Trinajstić information content (AvgIpc) is 3.38. The molecule has 4 heterocycles. The first-order valence-electron chi connectivity index (χ1n) is 9.38. The lowest BCUT2D eigenvalue weighted by Crippen LogP contribution is -2.35. The van der Waals surface area contributed by atoms with E-state index in [9.17, 15) is 9.59 Å². The molecule has 5 rings (SSSR count). The first-order valence-corrected chi connectivity index (χ1v) is 10.1. The van der Waals surface area contributed by atoms with Crippen LogP contribution in [-0.2, 0) is 20.9 Å². The number of ether oxygens (including phenoxy) is 1. The Kier molecular flexibility index (Phi) is 4.09. The second-order valence-corrected chi connectivity index (χ2v) is 8.55. The van der Waals surface area contributed by atoms with Gasteiger partial charge in [-0.1, -0.05) is 29.3 Å². The fourth-order valence-corrected chi connectivity index (χ4v) is 5.45. The number of fused-ring (bicyclic) bond motifs is 5. The number of aromatic nitrogens is 2. The normalized spacial score (nSPS) is 28.5. The van der Waals surface area contributed by atoms with Crippen LogP contribution in [0.5, 0.6) is 0 Å². The molecule has 2 aromatic rings. The van der Waals surface area contributed by atoms with Gasteiger partial charge in [0.15, 0.2) is 0 Å². The van der Waals surface area contributed by atoms with Crippen molar-refractivity contribution in [2.45, 2.75) is 45.4 Å². The molecule has 6 nitrogen and oxygen atoms in total. The number of halogens is 2. The summed E-state index contributed by atoms with van der Waals surface area (Å²) in [6.45, 7) is 4.04. The Labute approximate surface area is 172 Å². The lowest BCUT2D eigenvalue weighted by Gasteiger charge is -2.18. The van der Waals surface area contributed by atoms with E-state index in [2.05, 4.69) is 5.10 Å². The highest BCUT2D eigenvalue weighted by atomic mass is 35.5. The zero-order chi connectivity index (χ0) is 19.7. The molecular formula is C20H19Cl2N3O3. The molecule has 3 fully saturated rings. The van der Waals surface area contributed by atoms with E-state index < -0.39 is 0 Å². The third-order valence-electron chi connectivity index (χ3n) is 6.22. The molecule has 3 aliphatic rings. The largest absolute Gasteiger partial charge is 0.373 e. The summed E-state index contributed by atoms with van der Waals surface area (Å²) in [6.07, 6.45) is 1.44. The third-order valence-corrected chi connectivity index (χ3v) is 6.93. The fraction of sp³-hybridized carbons (Fsp3) is 0.450. The lowest BCUT2D eigenvalue weighted by atomic mass is 9.81. The van der Waals surface area contributed by atoms with Crippen LogP contribution in [0.25, 0.3) is 0 Å². The van der Waals surface area contributed by atoms with Gasteiger partial charge in [-0.15, -0.1) is 0 Å². The van der Waals surface area contributed by atoms with Gasteiger partial charge >= 0.3 is 0 Å². The molecule has 4 atom stereocenters. The summed E-state index contributed by atoms with van der Waals surface area (Å²) in [5.41, 5.74) is 2.70. The van der Waals surface area contributed by atoms with Gasteiger partial charge in [0.25, 0.3) is 0 Å². The van der Waals surface area contributed by atoms with E-state index in [0.717, 1.165) is 24.1 Å². The molecule has 1 aromatic carbocycles. The summed E-state index contributed by atoms with van der Waals surface area (Å²) >= 11 is 12.6. The Bertz CT molecular complexity index is 970. The van der Waals surface area contributed by atoms with Crippen molar-refractivity contribution < 1.29 is 14.3 Å². The van der Waals surface area contributed by atoms with E-state index in [0.29, 0.717) is 28.0 Å². The molecule has 0 unspecified atom stereocenters. The maximum absolute atomic E-state index is 13.1. The molecule has 0 aliphatic carbocycles. The number of carbonyl (C=O) groups is 2. The van der Waals surface area contributed by atoms with Gasteiger partial charge < -0.3 is 4.74 Å². The number of amides is 2. The highest BCUT2D eigenvalue weighted by molar-refractivity contribution is 6.36. The first kappa shape index (κ1) is 18.2. The Hall–Kier alpha value is -1.89. The number of imide groups is 1. The van der Waals surface area contributed by atoms with Gasteiger partial charge in [-0.25, -0.2) is 4.90 Å². The van der Waals surface area contributed by atoms with E-state index in [4.69, 9.17) is 27.9 Å². The molecule has 146 valence electrons. The maximum atomic E-state index is 13.1. The van der Waals surface area contributed by atoms with Crippen molar-refractivity contribution in [1.29, 1.82) is 0 Å². The molecular weight excluding hydrogens is 401 g/mol. The highest BCUT2D eigenvalue weighted by Crippen LogP contribution is 2.50. The van der Waals surface area contributed by atoms with Crippen LogP contribution in [0.2, 0.25) is 10.0 Å². The van der Waals surface area contributed by atoms with E-state index >= 15 is 0 Å². The lowest BCUT2D eigenvalue weighted by molar-refractivity contribution is -0.124. The number of hydrogen-bond donors (Lipinski definition) is 0. The molecule has 2 amide bonds. The maximum Gasteiger partial charge on any atom is 0.240 e. The van der Waals surface area contributed by atoms with Crippen LogP contribution in [-0.4, -0.2) is 33.8 Å². The van der Waals surface area contributed by atoms with E-state index in [-0.39, 0.29) is 35.9 Å². The zero-order valence-electron chi connectivity index (χ0n) is 15.5. The summed E-state index contributed by atoms with van der Waals surface area (Å²) in [4.78, 5) is 27.6. The molecule has 28 heavy (non-hydrogen) atoms. The Morgan fingerprint density at radius 2 is 1.64 bits per heavy atom. The van der Waals surface area contributed by atoms with Gasteiger partial charge in [-0.2, -0.15) is 5.10 Å². The summed E-state index contributed by atoms with van der Waals surface area (Å²) in [5, 5.41) is 5.68. The number of aryl methyl sites for hydroxylation is 1. The Morgan fingerprint density at radius 1 is 1.07 bits per heavy atom. The van der Waals surface area contributed by atoms with Gasteiger partial charge in [0.1, 0.15) is 0 Å². The topological polar surface area (TPSA) is 64.4 Å². The van der Waals surface area contributed by atoms with Crippen LogP contribution in [0.3, 0.4) is 0 Å². The van der Waals surface area contributed by atoms with Crippen LogP contribution in [0.15, 0.2) is 18.2 Å². The summed E-state index contributed by atoms with van der Waals surface area (Å²) in [7, 11) is 0. The van der Waals surface area contributed by atoms with Gasteiger partial charge in [0.05, 0.1) is 47.7 Å². The highest BCUT2D eigenvalue weighted by Gasteiger charge is 2.63. The Morgan fingerprint density at radius 3 is 2.21 bits per heavy atom. The Balaban J connectivity index is 1.52. The second kappa shape index (κ2) is 6.31. The minimum Gasteiger partial charge on any atom is -0.373 e. The van der Waals surface area contributed by atoms with E-state index in [1.165, 1.54) is 4.90 Å². The van der Waals surface area contributed by atoms with Gasteiger partial charge in [0, 0.05) is 15.6 Å². The number of nitrogens with zero attached hydrogens (tertiary/aromatic N) is 3.